The summed E-state index contributed by atoms with van der Waals surface area (Å²) in [5.74, 6) is 0.238. The van der Waals surface area contributed by atoms with Crippen molar-refractivity contribution in [3.63, 3.8) is 0 Å². The molecule has 0 aliphatic carbocycles. The Hall–Kier alpha value is -3.09. The van der Waals surface area contributed by atoms with Crippen LogP contribution in [0.1, 0.15) is 45.9 Å². The van der Waals surface area contributed by atoms with E-state index in [0.717, 1.165) is 27.6 Å². The number of rotatable bonds is 9. The van der Waals surface area contributed by atoms with Crippen molar-refractivity contribution >= 4 is 16.5 Å². The van der Waals surface area contributed by atoms with Crippen LogP contribution in [0.2, 0.25) is 0 Å². The number of aromatic hydroxyl groups is 1. The zero-order chi connectivity index (χ0) is 23.5. The van der Waals surface area contributed by atoms with Crippen LogP contribution in [0.5, 0.6) is 5.75 Å². The summed E-state index contributed by atoms with van der Waals surface area (Å²) in [6, 6.07) is 13.6. The maximum absolute atomic E-state index is 10.6. The predicted octanol–water partition coefficient (Wildman–Crippen LogP) is 5.50. The summed E-state index contributed by atoms with van der Waals surface area (Å²) in [7, 11) is 0. The number of anilines is 1. The minimum Gasteiger partial charge on any atom is -0.512 e. The fourth-order valence-corrected chi connectivity index (χ4v) is 3.37. The van der Waals surface area contributed by atoms with Crippen molar-refractivity contribution in [1.82, 2.24) is 10.3 Å². The van der Waals surface area contributed by atoms with Crippen molar-refractivity contribution in [1.29, 1.82) is 0 Å². The molecule has 1 heterocycles. The average molecular weight is 436 g/mol. The average Bonchev–Trinajstić information content (AvgIpc) is 2.76. The highest BCUT2D eigenvalue weighted by Gasteiger charge is 2.23. The molecule has 6 nitrogen and oxygen atoms in total. The van der Waals surface area contributed by atoms with E-state index >= 15 is 0 Å². The summed E-state index contributed by atoms with van der Waals surface area (Å²) in [5, 5.41) is 38.6. The number of aliphatic hydroxyl groups excluding tert-OH is 2. The third kappa shape index (κ3) is 5.39. The van der Waals surface area contributed by atoms with Crippen LogP contribution < -0.4 is 10.6 Å². The van der Waals surface area contributed by atoms with Gasteiger partial charge in [0.1, 0.15) is 12.0 Å². The van der Waals surface area contributed by atoms with Crippen LogP contribution in [-0.2, 0) is 0 Å². The van der Waals surface area contributed by atoms with Crippen molar-refractivity contribution in [2.24, 2.45) is 5.41 Å². The number of hydrogen-bond acceptors (Lipinski definition) is 6. The largest absolute Gasteiger partial charge is 0.512 e. The third-order valence-electron chi connectivity index (χ3n) is 5.83. The summed E-state index contributed by atoms with van der Waals surface area (Å²) in [4.78, 5) is 4.50. The highest BCUT2D eigenvalue weighted by atomic mass is 16.3. The molecule has 0 saturated heterocycles. The lowest BCUT2D eigenvalue weighted by Gasteiger charge is -2.26. The van der Waals surface area contributed by atoms with Crippen LogP contribution in [0.3, 0.4) is 0 Å². The van der Waals surface area contributed by atoms with Crippen LogP contribution in [0.25, 0.3) is 21.9 Å². The number of pyridine rings is 1. The molecular weight excluding hydrogens is 402 g/mol. The second kappa shape index (κ2) is 9.59. The van der Waals surface area contributed by atoms with E-state index in [-0.39, 0.29) is 17.6 Å². The molecular formula is C26H33N3O3. The molecule has 2 unspecified atom stereocenters. The number of nitrogens with one attached hydrogen (secondary N) is 2. The quantitative estimate of drug-likeness (QED) is 0.225. The van der Waals surface area contributed by atoms with Gasteiger partial charge in [-0.05, 0) is 53.9 Å². The van der Waals surface area contributed by atoms with E-state index in [2.05, 4.69) is 28.3 Å². The van der Waals surface area contributed by atoms with E-state index in [1.54, 1.807) is 12.3 Å². The summed E-state index contributed by atoms with van der Waals surface area (Å²) < 4.78 is 0. The van der Waals surface area contributed by atoms with Crippen LogP contribution >= 0.6 is 0 Å². The van der Waals surface area contributed by atoms with E-state index in [1.165, 1.54) is 0 Å². The van der Waals surface area contributed by atoms with Crippen molar-refractivity contribution in [2.75, 3.05) is 11.9 Å². The normalized spacial score (nSPS) is 13.7. The van der Waals surface area contributed by atoms with Gasteiger partial charge in [0.15, 0.2) is 0 Å². The van der Waals surface area contributed by atoms with Crippen molar-refractivity contribution in [3.8, 4) is 16.9 Å². The monoisotopic (exact) mass is 435 g/mol. The Morgan fingerprint density at radius 1 is 1.09 bits per heavy atom. The first-order valence-electron chi connectivity index (χ1n) is 10.9. The fraction of sp³-hybridized carbons (Fsp3) is 0.346. The lowest BCUT2D eigenvalue weighted by molar-refractivity contribution is 0.199. The van der Waals surface area contributed by atoms with Gasteiger partial charge in [0, 0.05) is 29.4 Å². The van der Waals surface area contributed by atoms with Crippen LogP contribution in [0.4, 0.5) is 5.69 Å². The van der Waals surface area contributed by atoms with Crippen LogP contribution in [0, 0.1) is 5.41 Å². The van der Waals surface area contributed by atoms with Crippen molar-refractivity contribution in [3.05, 3.63) is 66.7 Å². The van der Waals surface area contributed by atoms with E-state index in [9.17, 15) is 15.3 Å². The van der Waals surface area contributed by atoms with Gasteiger partial charge in [-0.15, -0.1) is 0 Å². The molecule has 3 aromatic rings. The molecule has 0 bridgehead atoms. The molecule has 2 aromatic carbocycles. The van der Waals surface area contributed by atoms with Gasteiger partial charge in [-0.2, -0.15) is 0 Å². The molecule has 32 heavy (non-hydrogen) atoms. The van der Waals surface area contributed by atoms with E-state index in [1.807, 2.05) is 58.0 Å². The molecule has 0 fully saturated rings. The minimum absolute atomic E-state index is 0.116. The highest BCUT2D eigenvalue weighted by Crippen LogP contribution is 2.31. The van der Waals surface area contributed by atoms with E-state index in [4.69, 9.17) is 0 Å². The molecule has 0 aliphatic heterocycles. The van der Waals surface area contributed by atoms with Gasteiger partial charge in [0.05, 0.1) is 17.5 Å². The molecule has 0 amide bonds. The lowest BCUT2D eigenvalue weighted by atomic mass is 9.91. The van der Waals surface area contributed by atoms with Gasteiger partial charge in [-0.1, -0.05) is 45.5 Å². The molecule has 0 saturated carbocycles. The first-order chi connectivity index (χ1) is 15.1. The molecule has 0 spiro atoms. The molecule has 2 atom stereocenters. The molecule has 5 N–H and O–H groups in total. The van der Waals surface area contributed by atoms with Gasteiger partial charge in [-0.3, -0.25) is 4.98 Å². The van der Waals surface area contributed by atoms with Gasteiger partial charge in [0.25, 0.3) is 0 Å². The fourth-order valence-electron chi connectivity index (χ4n) is 3.37. The molecule has 0 radical (unpaired) electrons. The minimum atomic E-state index is -0.565. The number of hydrogen-bond donors (Lipinski definition) is 5. The maximum Gasteiger partial charge on any atom is 0.139 e. The molecule has 6 heteroatoms. The number of fused-ring (bicyclic) bond motifs is 1. The van der Waals surface area contributed by atoms with Gasteiger partial charge in [-0.25, -0.2) is 0 Å². The lowest BCUT2D eigenvalue weighted by Crippen LogP contribution is -2.32. The van der Waals surface area contributed by atoms with Gasteiger partial charge >= 0.3 is 0 Å². The number of aromatic nitrogens is 1. The number of aliphatic hydroxyl groups is 2. The third-order valence-corrected chi connectivity index (χ3v) is 5.83. The van der Waals surface area contributed by atoms with Crippen LogP contribution in [0.15, 0.2) is 61.0 Å². The Morgan fingerprint density at radius 2 is 1.78 bits per heavy atom. The standard InChI is InChI=1S/C26H33N3O3/c1-6-24(32)29-22-10-9-18-11-19(7-8-20(18)12-22)21-13-23(31)25(27-14-21)16(2)28-15-26(4,5)17(3)30/h7-14,16,24,28-32H,3,6,15H2,1-2,4-5H3. The smallest absolute Gasteiger partial charge is 0.139 e. The zero-order valence-electron chi connectivity index (χ0n) is 19.2. The summed E-state index contributed by atoms with van der Waals surface area (Å²) in [5.41, 5.74) is 2.74. The summed E-state index contributed by atoms with van der Waals surface area (Å²) in [6.45, 7) is 11.8. The Morgan fingerprint density at radius 3 is 2.44 bits per heavy atom. The molecule has 1 aromatic heterocycles. The Labute approximate surface area is 189 Å². The Bertz CT molecular complexity index is 1110. The zero-order valence-corrected chi connectivity index (χ0v) is 19.2. The number of nitrogens with zero attached hydrogens (tertiary/aromatic N) is 1. The molecule has 3 rings (SSSR count). The van der Waals surface area contributed by atoms with Gasteiger partial charge < -0.3 is 26.0 Å². The van der Waals surface area contributed by atoms with E-state index < -0.39 is 11.6 Å². The Kier molecular flexibility index (Phi) is 7.06. The summed E-state index contributed by atoms with van der Waals surface area (Å²) in [6.07, 6.45) is 1.83. The van der Waals surface area contributed by atoms with Crippen molar-refractivity contribution in [2.45, 2.75) is 46.4 Å². The first kappa shape index (κ1) is 23.6. The van der Waals surface area contributed by atoms with Gasteiger partial charge in [0.2, 0.25) is 0 Å². The second-order valence-corrected chi connectivity index (χ2v) is 8.91. The topological polar surface area (TPSA) is 97.6 Å². The maximum atomic E-state index is 10.6. The Balaban J connectivity index is 1.79. The summed E-state index contributed by atoms with van der Waals surface area (Å²) >= 11 is 0. The SMILES string of the molecule is C=C(O)C(C)(C)CNC(C)c1ncc(-c2ccc3cc(NC(O)CC)ccc3c2)cc1O. The van der Waals surface area contributed by atoms with E-state index in [0.29, 0.717) is 18.7 Å². The first-order valence-corrected chi connectivity index (χ1v) is 10.9. The second-order valence-electron chi connectivity index (χ2n) is 8.91. The van der Waals surface area contributed by atoms with Crippen molar-refractivity contribution < 1.29 is 15.3 Å². The molecule has 0 aliphatic rings. The highest BCUT2D eigenvalue weighted by molar-refractivity contribution is 5.89. The molecule has 170 valence electrons. The predicted molar refractivity (Wildman–Crippen MR) is 131 cm³/mol. The number of benzene rings is 2. The van der Waals surface area contributed by atoms with Crippen LogP contribution in [-0.4, -0.2) is 33.1 Å².